The zero-order valence-electron chi connectivity index (χ0n) is 32.7. The van der Waals surface area contributed by atoms with Crippen LogP contribution in [0.1, 0.15) is 101 Å². The van der Waals surface area contributed by atoms with E-state index in [2.05, 4.69) is 18.4 Å². The lowest BCUT2D eigenvalue weighted by Crippen LogP contribution is -2.59. The Morgan fingerprint density at radius 2 is 1.68 bits per heavy atom. The van der Waals surface area contributed by atoms with Gasteiger partial charge in [-0.2, -0.15) is 0 Å². The van der Waals surface area contributed by atoms with Crippen LogP contribution in [0, 0.1) is 71.5 Å². The third kappa shape index (κ3) is 8.67. The summed E-state index contributed by atoms with van der Waals surface area (Å²) in [6.45, 7) is 22.9. The third-order valence-electron chi connectivity index (χ3n) is 12.5. The van der Waals surface area contributed by atoms with Gasteiger partial charge in [0.25, 0.3) is 0 Å². The summed E-state index contributed by atoms with van der Waals surface area (Å²) in [5, 5.41) is 11.1. The maximum atomic E-state index is 14.6. The van der Waals surface area contributed by atoms with Crippen LogP contribution < -0.4 is 0 Å². The number of rotatable bonds is 9. The third-order valence-corrected chi connectivity index (χ3v) is 12.5. The molecule has 2 aliphatic rings. The van der Waals surface area contributed by atoms with Gasteiger partial charge in [0, 0.05) is 51.9 Å². The number of Topliss-reactive ketones (excluding diaryl/α,β-unsaturated/α-hetero) is 2. The van der Waals surface area contributed by atoms with Crippen molar-refractivity contribution in [2.24, 2.45) is 46.8 Å². The number of aliphatic hydroxyl groups excluding tert-OH is 1. The molecule has 50 heavy (non-hydrogen) atoms. The topological polar surface area (TPSA) is 118 Å². The van der Waals surface area contributed by atoms with Crippen LogP contribution in [0.2, 0.25) is 0 Å². The Hall–Kier alpha value is -2.69. The molecule has 0 aromatic heterocycles. The molecule has 2 fully saturated rings. The lowest BCUT2D eigenvalue weighted by Gasteiger charge is -2.51. The Morgan fingerprint density at radius 3 is 2.16 bits per heavy atom. The average molecular weight is 701 g/mol. The largest absolute Gasteiger partial charge is 0.491 e. The highest BCUT2D eigenvalue weighted by molar-refractivity contribution is 5.90. The molecule has 2 saturated heterocycles. The molecule has 9 heteroatoms. The molecule has 0 radical (unpaired) electrons. The lowest BCUT2D eigenvalue weighted by atomic mass is 9.58. The number of allylic oxidation sites excluding steroid dienone is 1. The second-order valence-electron chi connectivity index (χ2n) is 15.3. The van der Waals surface area contributed by atoms with Crippen LogP contribution in [-0.2, 0) is 38.1 Å². The molecule has 2 aliphatic heterocycles. The van der Waals surface area contributed by atoms with Gasteiger partial charge in [0.05, 0.1) is 34.9 Å². The van der Waals surface area contributed by atoms with Crippen LogP contribution in [0.25, 0.3) is 0 Å². The maximum absolute atomic E-state index is 14.6. The second kappa shape index (κ2) is 17.7. The molecule has 14 atom stereocenters. The first-order valence-corrected chi connectivity index (χ1v) is 18.2. The van der Waals surface area contributed by atoms with E-state index in [1.54, 1.807) is 21.1 Å². The summed E-state index contributed by atoms with van der Waals surface area (Å²) >= 11 is 0. The molecule has 2 rings (SSSR count). The normalized spacial score (nSPS) is 41.9. The number of hydrogen-bond donors (Lipinski definition) is 1. The van der Waals surface area contributed by atoms with E-state index in [0.717, 1.165) is 0 Å². The molecule has 0 bridgehead atoms. The summed E-state index contributed by atoms with van der Waals surface area (Å²) in [7, 11) is 3.18. The molecule has 0 spiro atoms. The molecule has 282 valence electrons. The Balaban J connectivity index is 2.96. The standard InChI is InChI=1S/C41H64O9/c1-16-32-22-41(18-3,30(10)42)27(7)24(4)36(34-23-39(12,47-15)38(45)29(9)48-34)25(5)28(8)49-35(17-2)40(13,50-31(11)43)33(20-19-21-46-14)26(6)37(32)44/h1,3,24-27,29,32-36,38,45H,8,17,19-23H2,2,4-7,9-15H3/t24-,25+,26-,27-,29+,32-,33-,34-,35-,36?,38+,39-,40+,41-/m1/s1. The van der Waals surface area contributed by atoms with Gasteiger partial charge in [-0.15, -0.1) is 12.8 Å². The van der Waals surface area contributed by atoms with Gasteiger partial charge in [0.1, 0.15) is 23.6 Å². The van der Waals surface area contributed by atoms with Crippen LogP contribution in [0.15, 0.2) is 12.3 Å². The summed E-state index contributed by atoms with van der Waals surface area (Å²) in [5.41, 5.74) is -3.58. The number of aliphatic hydroxyl groups is 1. The van der Waals surface area contributed by atoms with Gasteiger partial charge in [-0.1, -0.05) is 53.0 Å². The van der Waals surface area contributed by atoms with E-state index in [0.29, 0.717) is 38.0 Å². The molecular formula is C41H64O9. The highest BCUT2D eigenvalue weighted by atomic mass is 16.6. The summed E-state index contributed by atoms with van der Waals surface area (Å²) < 4.78 is 30.8. The fourth-order valence-corrected chi connectivity index (χ4v) is 9.05. The molecule has 0 saturated carbocycles. The number of carbonyl (C=O) groups excluding carboxylic acids is 3. The number of esters is 1. The highest BCUT2D eigenvalue weighted by Gasteiger charge is 2.55. The van der Waals surface area contributed by atoms with Gasteiger partial charge >= 0.3 is 5.97 Å². The van der Waals surface area contributed by atoms with Crippen molar-refractivity contribution in [3.8, 4) is 24.7 Å². The van der Waals surface area contributed by atoms with Crippen molar-refractivity contribution in [2.75, 3.05) is 20.8 Å². The molecule has 1 unspecified atom stereocenters. The van der Waals surface area contributed by atoms with Crippen molar-refractivity contribution >= 4 is 17.5 Å². The number of ether oxygens (including phenoxy) is 5. The van der Waals surface area contributed by atoms with Crippen LogP contribution >= 0.6 is 0 Å². The quantitative estimate of drug-likeness (QED) is 0.171. The Bertz CT molecular complexity index is 1300. The van der Waals surface area contributed by atoms with Crippen LogP contribution in [0.4, 0.5) is 0 Å². The highest BCUT2D eigenvalue weighted by Crippen LogP contribution is 2.50. The molecule has 0 aromatic carbocycles. The fraction of sp³-hybridized carbons (Fsp3) is 0.780. The van der Waals surface area contributed by atoms with Crippen LogP contribution in [0.3, 0.4) is 0 Å². The van der Waals surface area contributed by atoms with Crippen LogP contribution in [0.5, 0.6) is 0 Å². The number of methoxy groups -OCH3 is 2. The molecule has 0 aliphatic carbocycles. The second-order valence-corrected chi connectivity index (χ2v) is 15.3. The number of ketones is 2. The van der Waals surface area contributed by atoms with Gasteiger partial charge in [-0.05, 0) is 71.1 Å². The number of terminal acetylenes is 2. The van der Waals surface area contributed by atoms with Crippen LogP contribution in [-0.4, -0.2) is 79.1 Å². The summed E-state index contributed by atoms with van der Waals surface area (Å²) in [4.78, 5) is 41.2. The first-order chi connectivity index (χ1) is 23.3. The average Bonchev–Trinajstić information content (AvgIpc) is 3.06. The van der Waals surface area contributed by atoms with Crippen molar-refractivity contribution in [3.05, 3.63) is 12.3 Å². The predicted octanol–water partition coefficient (Wildman–Crippen LogP) is 6.19. The number of carbonyl (C=O) groups is 3. The minimum atomic E-state index is -1.39. The first-order valence-electron chi connectivity index (χ1n) is 18.2. The monoisotopic (exact) mass is 700 g/mol. The van der Waals surface area contributed by atoms with E-state index in [1.165, 1.54) is 13.8 Å². The summed E-state index contributed by atoms with van der Waals surface area (Å²) in [6.07, 6.45) is 11.7. The van der Waals surface area contributed by atoms with Gasteiger partial charge in [0.2, 0.25) is 0 Å². The molecule has 2 heterocycles. The van der Waals surface area contributed by atoms with E-state index in [4.69, 9.17) is 36.5 Å². The SMILES string of the molecule is C#C[C@@H]1C[C@@](C#C)(C(C)=O)[C@H](C)[C@@H](C)C([C@H]2C[C@@](C)(OC)[C@@H](O)[C@H](C)O2)[C@@H](C)C(=C)O[C@H](CC)[C@@](C)(OC(C)=O)[C@H](CCCOC)[C@@H](C)C1=O. The Labute approximate surface area is 301 Å². The Kier molecular flexibility index (Phi) is 15.4. The molecule has 9 nitrogen and oxygen atoms in total. The number of hydrogen-bond acceptors (Lipinski definition) is 9. The van der Waals surface area contributed by atoms with Gasteiger partial charge < -0.3 is 28.8 Å². The van der Waals surface area contributed by atoms with Crippen molar-refractivity contribution in [1.29, 1.82) is 0 Å². The summed E-state index contributed by atoms with van der Waals surface area (Å²) in [5.74, 6) is 1.30. The smallest absolute Gasteiger partial charge is 0.303 e. The predicted molar refractivity (Wildman–Crippen MR) is 193 cm³/mol. The zero-order chi connectivity index (χ0) is 38.4. The van der Waals surface area contributed by atoms with Crippen molar-refractivity contribution in [2.45, 2.75) is 137 Å². The Morgan fingerprint density at radius 1 is 1.06 bits per heavy atom. The van der Waals surface area contributed by atoms with E-state index < -0.39 is 70.7 Å². The minimum Gasteiger partial charge on any atom is -0.491 e. The van der Waals surface area contributed by atoms with E-state index in [9.17, 15) is 19.5 Å². The lowest BCUT2D eigenvalue weighted by molar-refractivity contribution is -0.233. The maximum Gasteiger partial charge on any atom is 0.303 e. The molecule has 0 amide bonds. The zero-order valence-corrected chi connectivity index (χ0v) is 32.7. The molecule has 1 N–H and O–H groups in total. The van der Waals surface area contributed by atoms with Gasteiger partial charge in [0.15, 0.2) is 5.78 Å². The van der Waals surface area contributed by atoms with Crippen molar-refractivity contribution in [3.63, 3.8) is 0 Å². The van der Waals surface area contributed by atoms with E-state index >= 15 is 0 Å². The minimum absolute atomic E-state index is 0.0364. The van der Waals surface area contributed by atoms with Gasteiger partial charge in [-0.25, -0.2) is 0 Å². The van der Waals surface area contributed by atoms with E-state index in [1.807, 2.05) is 48.5 Å². The summed E-state index contributed by atoms with van der Waals surface area (Å²) in [6, 6.07) is 0. The first kappa shape index (κ1) is 43.5. The van der Waals surface area contributed by atoms with E-state index in [-0.39, 0.29) is 35.7 Å². The molecular weight excluding hydrogens is 636 g/mol. The van der Waals surface area contributed by atoms with Crippen molar-refractivity contribution in [1.82, 2.24) is 0 Å². The fourth-order valence-electron chi connectivity index (χ4n) is 9.05. The molecule has 0 aromatic rings. The van der Waals surface area contributed by atoms with Crippen molar-refractivity contribution < 1.29 is 43.2 Å². The van der Waals surface area contributed by atoms with Gasteiger partial charge in [-0.3, -0.25) is 14.4 Å².